The smallest absolute Gasteiger partial charge is 0.398 e. The van der Waals surface area contributed by atoms with Crippen LogP contribution in [0.1, 0.15) is 5.56 Å². The van der Waals surface area contributed by atoms with Crippen molar-refractivity contribution in [1.82, 2.24) is 4.98 Å². The van der Waals surface area contributed by atoms with E-state index in [1.165, 1.54) is 24.4 Å². The summed E-state index contributed by atoms with van der Waals surface area (Å²) < 4.78 is 37.9. The standard InChI is InChI=1S/C13H11F3N4/c14-13(15,16)12(19)9(6-17)7-1-2-11-8(5-7)10(18)3-4-20-11/h1-6,17H,19H2,(H2,18,20). The van der Waals surface area contributed by atoms with Gasteiger partial charge in [-0.3, -0.25) is 4.98 Å². The number of nitrogens with zero attached hydrogens (tertiary/aromatic N) is 1. The zero-order valence-electron chi connectivity index (χ0n) is 10.2. The Balaban J connectivity index is 2.68. The van der Waals surface area contributed by atoms with E-state index in [1.807, 2.05) is 0 Å². The Labute approximate surface area is 112 Å². The van der Waals surface area contributed by atoms with Crippen LogP contribution in [0.2, 0.25) is 0 Å². The van der Waals surface area contributed by atoms with Gasteiger partial charge in [0.1, 0.15) is 5.70 Å². The van der Waals surface area contributed by atoms with Crippen molar-refractivity contribution in [3.63, 3.8) is 0 Å². The summed E-state index contributed by atoms with van der Waals surface area (Å²) in [6.45, 7) is 0. The molecule has 104 valence electrons. The molecular formula is C13H11F3N4. The fourth-order valence-corrected chi connectivity index (χ4v) is 1.80. The summed E-state index contributed by atoms with van der Waals surface area (Å²) >= 11 is 0. The van der Waals surface area contributed by atoms with Crippen LogP contribution in [-0.4, -0.2) is 17.4 Å². The zero-order chi connectivity index (χ0) is 14.9. The van der Waals surface area contributed by atoms with Crippen LogP contribution in [0, 0.1) is 5.41 Å². The average Bonchev–Trinajstić information content (AvgIpc) is 2.39. The highest BCUT2D eigenvalue weighted by Gasteiger charge is 2.34. The first kappa shape index (κ1) is 13.9. The fourth-order valence-electron chi connectivity index (χ4n) is 1.80. The molecule has 7 heteroatoms. The van der Waals surface area contributed by atoms with Crippen LogP contribution >= 0.6 is 0 Å². The maximum atomic E-state index is 12.6. The molecule has 0 unspecified atom stereocenters. The molecule has 5 N–H and O–H groups in total. The Morgan fingerprint density at radius 2 is 1.95 bits per heavy atom. The van der Waals surface area contributed by atoms with E-state index in [-0.39, 0.29) is 5.56 Å². The van der Waals surface area contributed by atoms with E-state index >= 15 is 0 Å². The molecule has 0 saturated carbocycles. The lowest BCUT2D eigenvalue weighted by atomic mass is 10.0. The predicted octanol–water partition coefficient (Wildman–Crippen LogP) is 2.70. The Hall–Kier alpha value is -2.57. The van der Waals surface area contributed by atoms with Gasteiger partial charge in [0.2, 0.25) is 0 Å². The number of hydrogen-bond acceptors (Lipinski definition) is 4. The van der Waals surface area contributed by atoms with Gasteiger partial charge in [-0.15, -0.1) is 0 Å². The molecule has 0 radical (unpaired) electrons. The normalized spacial score (nSPS) is 13.2. The van der Waals surface area contributed by atoms with Crippen LogP contribution < -0.4 is 11.5 Å². The first-order valence-electron chi connectivity index (χ1n) is 5.56. The molecule has 0 aliphatic carbocycles. The number of hydrogen-bond donors (Lipinski definition) is 3. The first-order chi connectivity index (χ1) is 9.34. The summed E-state index contributed by atoms with van der Waals surface area (Å²) in [7, 11) is 0. The van der Waals surface area contributed by atoms with Crippen molar-refractivity contribution >= 4 is 28.4 Å². The molecule has 20 heavy (non-hydrogen) atoms. The van der Waals surface area contributed by atoms with Gasteiger partial charge in [-0.25, -0.2) is 0 Å². The molecule has 0 fully saturated rings. The number of pyridine rings is 1. The zero-order valence-corrected chi connectivity index (χ0v) is 10.2. The third-order valence-corrected chi connectivity index (χ3v) is 2.83. The van der Waals surface area contributed by atoms with Gasteiger partial charge < -0.3 is 16.9 Å². The van der Waals surface area contributed by atoms with Crippen molar-refractivity contribution in [2.45, 2.75) is 6.18 Å². The van der Waals surface area contributed by atoms with Crippen molar-refractivity contribution in [3.05, 3.63) is 41.7 Å². The highest BCUT2D eigenvalue weighted by Crippen LogP contribution is 2.30. The minimum atomic E-state index is -4.69. The summed E-state index contributed by atoms with van der Waals surface area (Å²) in [5, 5.41) is 7.67. The van der Waals surface area contributed by atoms with E-state index in [0.717, 1.165) is 0 Å². The lowest BCUT2D eigenvalue weighted by Gasteiger charge is -2.12. The van der Waals surface area contributed by atoms with Gasteiger partial charge in [-0.05, 0) is 23.8 Å². The minimum Gasteiger partial charge on any atom is -0.398 e. The van der Waals surface area contributed by atoms with Crippen molar-refractivity contribution in [2.24, 2.45) is 5.73 Å². The largest absolute Gasteiger partial charge is 0.431 e. The molecule has 0 amide bonds. The van der Waals surface area contributed by atoms with Gasteiger partial charge in [-0.2, -0.15) is 13.2 Å². The number of rotatable bonds is 2. The molecule has 1 aromatic heterocycles. The van der Waals surface area contributed by atoms with Crippen LogP contribution in [0.15, 0.2) is 36.2 Å². The summed E-state index contributed by atoms with van der Waals surface area (Å²) in [6.07, 6.45) is -2.60. The van der Waals surface area contributed by atoms with Crippen molar-refractivity contribution < 1.29 is 13.2 Å². The van der Waals surface area contributed by atoms with E-state index in [9.17, 15) is 13.2 Å². The van der Waals surface area contributed by atoms with Gasteiger partial charge in [0.05, 0.1) is 5.52 Å². The number of alkyl halides is 3. The van der Waals surface area contributed by atoms with E-state index in [1.54, 1.807) is 6.07 Å². The molecule has 0 aliphatic heterocycles. The van der Waals surface area contributed by atoms with Crippen molar-refractivity contribution in [3.8, 4) is 0 Å². The second-order valence-corrected chi connectivity index (χ2v) is 4.10. The molecule has 0 aliphatic rings. The molecule has 4 nitrogen and oxygen atoms in total. The van der Waals surface area contributed by atoms with Crippen LogP contribution in [0.5, 0.6) is 0 Å². The SMILES string of the molecule is N=CC(=C(N)C(F)(F)F)c1ccc2nccc(N)c2c1. The number of allylic oxidation sites excluding steroid dienone is 2. The topological polar surface area (TPSA) is 88.8 Å². The number of nitrogen functional groups attached to an aromatic ring is 1. The monoisotopic (exact) mass is 280 g/mol. The molecule has 2 aromatic rings. The van der Waals surface area contributed by atoms with Gasteiger partial charge >= 0.3 is 6.18 Å². The summed E-state index contributed by atoms with van der Waals surface area (Å²) in [6, 6.07) is 5.95. The van der Waals surface area contributed by atoms with E-state index in [0.29, 0.717) is 22.8 Å². The number of nitrogens with one attached hydrogen (secondary N) is 1. The Bertz CT molecular complexity index is 704. The molecular weight excluding hydrogens is 269 g/mol. The number of aromatic nitrogens is 1. The number of benzene rings is 1. The highest BCUT2D eigenvalue weighted by atomic mass is 19.4. The van der Waals surface area contributed by atoms with Crippen LogP contribution in [0.3, 0.4) is 0 Å². The Morgan fingerprint density at radius 1 is 1.25 bits per heavy atom. The van der Waals surface area contributed by atoms with Crippen LogP contribution in [0.4, 0.5) is 18.9 Å². The van der Waals surface area contributed by atoms with Gasteiger partial charge in [0.15, 0.2) is 0 Å². The minimum absolute atomic E-state index is 0.169. The third kappa shape index (κ3) is 2.42. The van der Waals surface area contributed by atoms with E-state index < -0.39 is 17.4 Å². The van der Waals surface area contributed by atoms with Gasteiger partial charge in [0.25, 0.3) is 0 Å². The lowest BCUT2D eigenvalue weighted by Crippen LogP contribution is -2.21. The van der Waals surface area contributed by atoms with E-state index in [4.69, 9.17) is 16.9 Å². The highest BCUT2D eigenvalue weighted by molar-refractivity contribution is 6.11. The number of halogens is 3. The van der Waals surface area contributed by atoms with Gasteiger partial charge in [-0.1, -0.05) is 6.07 Å². The second kappa shape index (κ2) is 4.84. The molecule has 0 saturated heterocycles. The van der Waals surface area contributed by atoms with Crippen LogP contribution in [0.25, 0.3) is 16.5 Å². The van der Waals surface area contributed by atoms with Crippen LogP contribution in [-0.2, 0) is 0 Å². The maximum absolute atomic E-state index is 12.6. The fraction of sp³-hybridized carbons (Fsp3) is 0.0769. The quantitative estimate of drug-likeness (QED) is 0.739. The molecule has 0 bridgehead atoms. The number of nitrogens with two attached hydrogens (primary N) is 2. The Morgan fingerprint density at radius 3 is 2.55 bits per heavy atom. The van der Waals surface area contributed by atoms with Crippen molar-refractivity contribution in [2.75, 3.05) is 5.73 Å². The average molecular weight is 280 g/mol. The summed E-state index contributed by atoms with van der Waals surface area (Å²) in [4.78, 5) is 4.06. The molecule has 0 spiro atoms. The molecule has 0 atom stereocenters. The van der Waals surface area contributed by atoms with Crippen molar-refractivity contribution in [1.29, 1.82) is 5.41 Å². The number of fused-ring (bicyclic) bond motifs is 1. The first-order valence-corrected chi connectivity index (χ1v) is 5.56. The second-order valence-electron chi connectivity index (χ2n) is 4.10. The molecule has 1 heterocycles. The maximum Gasteiger partial charge on any atom is 0.431 e. The van der Waals surface area contributed by atoms with E-state index in [2.05, 4.69) is 4.98 Å². The Kier molecular flexibility index (Phi) is 3.35. The van der Waals surface area contributed by atoms with Gasteiger partial charge in [0, 0.05) is 29.1 Å². The summed E-state index contributed by atoms with van der Waals surface area (Å²) in [5.74, 6) is 0. The molecule has 1 aromatic carbocycles. The predicted molar refractivity (Wildman–Crippen MR) is 72.1 cm³/mol. The third-order valence-electron chi connectivity index (χ3n) is 2.83. The molecule has 2 rings (SSSR count). The number of anilines is 1. The summed E-state index contributed by atoms with van der Waals surface area (Å²) in [5.41, 5.74) is 10.2. The lowest BCUT2D eigenvalue weighted by molar-refractivity contribution is -0.0918.